The fourth-order valence-corrected chi connectivity index (χ4v) is 5.58. The van der Waals surface area contributed by atoms with Crippen LogP contribution in [0.15, 0.2) is 18.7 Å². The van der Waals surface area contributed by atoms with Gasteiger partial charge >= 0.3 is 0 Å². The number of anilines is 1. The van der Waals surface area contributed by atoms with E-state index in [2.05, 4.69) is 34.9 Å². The number of rotatable bonds is 10. The molecule has 16 heteroatoms. The van der Waals surface area contributed by atoms with Gasteiger partial charge in [0.25, 0.3) is 0 Å². The van der Waals surface area contributed by atoms with E-state index < -0.39 is 27.5 Å². The minimum Gasteiger partial charge on any atom is -0.479 e. The van der Waals surface area contributed by atoms with Crippen LogP contribution in [0, 0.1) is 0 Å². The standard InChI is InChI=1S/C22H28ClFN8O5S/c1-12(17(35-2)18-25-9-14(23)10-26-18)38(33,34)31-22-30-29-19(13-5-7-15(24)8-6-13)32(22)16-20(36-3)27-11-28-21(16)37-4/h9-13,15,17H,5-8H2,1-4H3,(H,30,31)/t12-,13-,15-,17-/m0/s1. The molecule has 0 amide bonds. The SMILES string of the molecule is COc1ncnc(OC)c1-n1c(NS(=O)(=O)[C@@H](C)[C@H](OC)c2ncc(Cl)cn2)nnc1[C@H]1CC[C@H](F)CC1. The van der Waals surface area contributed by atoms with Gasteiger partial charge < -0.3 is 14.2 Å². The number of alkyl halides is 1. The van der Waals surface area contributed by atoms with E-state index in [0.29, 0.717) is 36.5 Å². The fraction of sp³-hybridized carbons (Fsp3) is 0.545. The van der Waals surface area contributed by atoms with Crippen LogP contribution >= 0.6 is 11.6 Å². The van der Waals surface area contributed by atoms with Gasteiger partial charge in [-0.25, -0.2) is 22.8 Å². The molecular formula is C22H28ClFN8O5S. The van der Waals surface area contributed by atoms with Gasteiger partial charge in [-0.1, -0.05) is 11.6 Å². The number of methoxy groups -OCH3 is 3. The molecule has 0 radical (unpaired) electrons. The van der Waals surface area contributed by atoms with Crippen LogP contribution in [-0.2, 0) is 14.8 Å². The minimum absolute atomic E-state index is 0.106. The number of halogens is 2. The molecule has 3 aromatic rings. The Hall–Kier alpha value is -3.17. The van der Waals surface area contributed by atoms with Gasteiger partial charge in [-0.2, -0.15) is 9.97 Å². The van der Waals surface area contributed by atoms with Crippen LogP contribution < -0.4 is 14.2 Å². The molecule has 1 N–H and O–H groups in total. The molecule has 0 aromatic carbocycles. The average Bonchev–Trinajstić information content (AvgIpc) is 3.32. The largest absolute Gasteiger partial charge is 0.479 e. The quantitative estimate of drug-likeness (QED) is 0.382. The Balaban J connectivity index is 1.78. The highest BCUT2D eigenvalue weighted by molar-refractivity contribution is 7.93. The van der Waals surface area contributed by atoms with Gasteiger partial charge in [-0.15, -0.1) is 10.2 Å². The van der Waals surface area contributed by atoms with Gasteiger partial charge in [0.05, 0.1) is 19.2 Å². The number of ether oxygens (including phenoxy) is 3. The molecule has 13 nitrogen and oxygen atoms in total. The summed E-state index contributed by atoms with van der Waals surface area (Å²) in [4.78, 5) is 16.5. The molecule has 2 atom stereocenters. The van der Waals surface area contributed by atoms with Crippen LogP contribution in [0.5, 0.6) is 11.8 Å². The maximum atomic E-state index is 13.9. The Morgan fingerprint density at radius 3 is 2.18 bits per heavy atom. The second kappa shape index (κ2) is 11.7. The van der Waals surface area contributed by atoms with Crippen LogP contribution in [0.1, 0.15) is 56.3 Å². The third-order valence-electron chi connectivity index (χ3n) is 6.37. The van der Waals surface area contributed by atoms with Crippen molar-refractivity contribution in [2.24, 2.45) is 0 Å². The first-order chi connectivity index (χ1) is 18.2. The summed E-state index contributed by atoms with van der Waals surface area (Å²) in [5.41, 5.74) is 0.203. The third-order valence-corrected chi connectivity index (χ3v) is 8.26. The molecule has 0 bridgehead atoms. The predicted molar refractivity (Wildman–Crippen MR) is 135 cm³/mol. The van der Waals surface area contributed by atoms with Crippen LogP contribution in [0.2, 0.25) is 5.02 Å². The summed E-state index contributed by atoms with van der Waals surface area (Å²) in [5.74, 6) is 0.406. The summed E-state index contributed by atoms with van der Waals surface area (Å²) < 4.78 is 61.3. The number of sulfonamides is 1. The average molecular weight is 571 g/mol. The van der Waals surface area contributed by atoms with Gasteiger partial charge in [-0.3, -0.25) is 9.29 Å². The zero-order valence-corrected chi connectivity index (χ0v) is 22.8. The Bertz CT molecular complexity index is 1330. The van der Waals surface area contributed by atoms with Gasteiger partial charge in [-0.05, 0) is 32.6 Å². The highest BCUT2D eigenvalue weighted by Gasteiger charge is 2.36. The van der Waals surface area contributed by atoms with Crippen LogP contribution in [0.4, 0.5) is 10.3 Å². The van der Waals surface area contributed by atoms with Crippen molar-refractivity contribution in [3.05, 3.63) is 35.4 Å². The smallest absolute Gasteiger partial charge is 0.245 e. The molecule has 206 valence electrons. The Morgan fingerprint density at radius 1 is 1.03 bits per heavy atom. The van der Waals surface area contributed by atoms with Gasteiger partial charge in [0.15, 0.2) is 11.5 Å². The maximum Gasteiger partial charge on any atom is 0.245 e. The molecule has 4 rings (SSSR count). The van der Waals surface area contributed by atoms with Gasteiger partial charge in [0, 0.05) is 25.4 Å². The lowest BCUT2D eigenvalue weighted by molar-refractivity contribution is 0.0950. The molecule has 1 aliphatic carbocycles. The number of aromatic nitrogens is 7. The van der Waals surface area contributed by atoms with Crippen LogP contribution in [0.3, 0.4) is 0 Å². The number of nitrogens with zero attached hydrogens (tertiary/aromatic N) is 7. The zero-order chi connectivity index (χ0) is 27.4. The van der Waals surface area contributed by atoms with Crippen molar-refractivity contribution < 1.29 is 27.0 Å². The fourth-order valence-electron chi connectivity index (χ4n) is 4.35. The van der Waals surface area contributed by atoms with E-state index >= 15 is 0 Å². The molecule has 1 saturated carbocycles. The predicted octanol–water partition coefficient (Wildman–Crippen LogP) is 3.03. The summed E-state index contributed by atoms with van der Waals surface area (Å²) in [7, 11) is -0.00269. The maximum absolute atomic E-state index is 13.9. The first kappa shape index (κ1) is 27.9. The summed E-state index contributed by atoms with van der Waals surface area (Å²) in [6.45, 7) is 1.45. The van der Waals surface area contributed by atoms with E-state index in [9.17, 15) is 12.8 Å². The Labute approximate surface area is 224 Å². The molecule has 3 aromatic heterocycles. The second-order valence-corrected chi connectivity index (χ2v) is 11.1. The monoisotopic (exact) mass is 570 g/mol. The summed E-state index contributed by atoms with van der Waals surface area (Å²) in [6.07, 6.45) is 3.74. The summed E-state index contributed by atoms with van der Waals surface area (Å²) >= 11 is 5.87. The number of hydrogen-bond acceptors (Lipinski definition) is 11. The summed E-state index contributed by atoms with van der Waals surface area (Å²) in [5, 5.41) is 7.57. The number of nitrogens with one attached hydrogen (secondary N) is 1. The van der Waals surface area contributed by atoms with Crippen LogP contribution in [-0.4, -0.2) is 75.9 Å². The van der Waals surface area contributed by atoms with Crippen molar-refractivity contribution >= 4 is 27.6 Å². The molecule has 0 spiro atoms. The molecule has 0 aliphatic heterocycles. The molecule has 3 heterocycles. The van der Waals surface area contributed by atoms with Gasteiger partial charge in [0.2, 0.25) is 27.7 Å². The first-order valence-electron chi connectivity index (χ1n) is 11.7. The lowest BCUT2D eigenvalue weighted by Gasteiger charge is -2.25. The molecule has 1 fully saturated rings. The molecule has 0 saturated heterocycles. The molecule has 0 unspecified atom stereocenters. The molecule has 38 heavy (non-hydrogen) atoms. The van der Waals surface area contributed by atoms with E-state index in [0.717, 1.165) is 0 Å². The van der Waals surface area contributed by atoms with Crippen molar-refractivity contribution in [2.75, 3.05) is 26.1 Å². The topological polar surface area (TPSA) is 156 Å². The lowest BCUT2D eigenvalue weighted by Crippen LogP contribution is -2.33. The third kappa shape index (κ3) is 5.63. The zero-order valence-electron chi connectivity index (χ0n) is 21.2. The second-order valence-electron chi connectivity index (χ2n) is 8.67. The van der Waals surface area contributed by atoms with E-state index in [1.165, 1.54) is 51.5 Å². The highest BCUT2D eigenvalue weighted by atomic mass is 35.5. The van der Waals surface area contributed by atoms with E-state index in [-0.39, 0.29) is 35.1 Å². The van der Waals surface area contributed by atoms with Crippen molar-refractivity contribution in [1.29, 1.82) is 0 Å². The van der Waals surface area contributed by atoms with Crippen molar-refractivity contribution in [3.63, 3.8) is 0 Å². The lowest BCUT2D eigenvalue weighted by atomic mass is 9.87. The van der Waals surface area contributed by atoms with E-state index in [1.54, 1.807) is 0 Å². The van der Waals surface area contributed by atoms with E-state index in [4.69, 9.17) is 25.8 Å². The Kier molecular flexibility index (Phi) is 8.57. The van der Waals surface area contributed by atoms with Crippen molar-refractivity contribution in [2.45, 2.75) is 56.1 Å². The molecular weight excluding hydrogens is 543 g/mol. The van der Waals surface area contributed by atoms with E-state index in [1.807, 2.05) is 0 Å². The van der Waals surface area contributed by atoms with Crippen LogP contribution in [0.25, 0.3) is 5.69 Å². The highest BCUT2D eigenvalue weighted by Crippen LogP contribution is 2.39. The van der Waals surface area contributed by atoms with Gasteiger partial charge in [0.1, 0.15) is 29.7 Å². The number of hydrogen-bond donors (Lipinski definition) is 1. The van der Waals surface area contributed by atoms with Crippen molar-refractivity contribution in [1.82, 2.24) is 34.7 Å². The first-order valence-corrected chi connectivity index (χ1v) is 13.7. The van der Waals surface area contributed by atoms with Crippen molar-refractivity contribution in [3.8, 4) is 17.4 Å². The molecule has 1 aliphatic rings. The normalized spacial score (nSPS) is 19.5. The minimum atomic E-state index is -4.17. The Morgan fingerprint density at radius 2 is 1.63 bits per heavy atom. The summed E-state index contributed by atoms with van der Waals surface area (Å²) in [6, 6.07) is 0.